The van der Waals surface area contributed by atoms with E-state index in [4.69, 9.17) is 0 Å². The number of hydrogen-bond acceptors (Lipinski definition) is 3. The molecule has 2 aliphatic rings. The summed E-state index contributed by atoms with van der Waals surface area (Å²) in [5.41, 5.74) is 0. The van der Waals surface area contributed by atoms with Crippen molar-refractivity contribution in [1.29, 1.82) is 0 Å². The molecule has 3 N–H and O–H groups in total. The molecule has 0 bridgehead atoms. The van der Waals surface area contributed by atoms with Crippen molar-refractivity contribution in [2.75, 3.05) is 52.4 Å². The molecule has 1 amide bonds. The number of nitrogens with zero attached hydrogens (tertiary/aromatic N) is 1. The Kier molecular flexibility index (Phi) is 7.03. The third-order valence-electron chi connectivity index (χ3n) is 5.83. The van der Waals surface area contributed by atoms with Crippen molar-refractivity contribution in [2.24, 2.45) is 0 Å². The molecule has 0 aliphatic carbocycles. The molecule has 156 valence electrons. The summed E-state index contributed by atoms with van der Waals surface area (Å²) in [6, 6.07) is 5.36. The van der Waals surface area contributed by atoms with E-state index in [0.717, 1.165) is 43.4 Å². The van der Waals surface area contributed by atoms with Crippen LogP contribution in [0.1, 0.15) is 19.8 Å². The minimum atomic E-state index is -3.69. The summed E-state index contributed by atoms with van der Waals surface area (Å²) in [5, 5.41) is 3.14. The second kappa shape index (κ2) is 9.30. The number of hydrogen-bond donors (Lipinski definition) is 3. The second-order valence-electron chi connectivity index (χ2n) is 7.73. The summed E-state index contributed by atoms with van der Waals surface area (Å²) < 4.78 is 40.1. The highest BCUT2D eigenvalue weighted by Crippen LogP contribution is 2.16. The van der Waals surface area contributed by atoms with Gasteiger partial charge < -0.3 is 15.1 Å². The van der Waals surface area contributed by atoms with Crippen LogP contribution in [0.25, 0.3) is 0 Å². The van der Waals surface area contributed by atoms with Gasteiger partial charge in [0.15, 0.2) is 6.54 Å². The van der Waals surface area contributed by atoms with Gasteiger partial charge in [-0.05, 0) is 25.1 Å². The van der Waals surface area contributed by atoms with Gasteiger partial charge in [-0.25, -0.2) is 12.8 Å². The number of rotatable bonds is 6. The van der Waals surface area contributed by atoms with Gasteiger partial charge in [0.1, 0.15) is 5.82 Å². The van der Waals surface area contributed by atoms with Crippen molar-refractivity contribution in [1.82, 2.24) is 9.62 Å². The SMILES string of the molecule is CC[NH+]1CCC(NC(=O)C[NH+]2CCN(S(=O)(=O)c3cccc(F)c3)CC2)CC1. The molecule has 7 nitrogen and oxygen atoms in total. The highest BCUT2D eigenvalue weighted by atomic mass is 32.2. The maximum atomic E-state index is 13.4. The van der Waals surface area contributed by atoms with Gasteiger partial charge >= 0.3 is 0 Å². The quantitative estimate of drug-likeness (QED) is 0.499. The second-order valence-corrected chi connectivity index (χ2v) is 9.67. The Balaban J connectivity index is 1.46. The van der Waals surface area contributed by atoms with E-state index in [9.17, 15) is 17.6 Å². The number of sulfonamides is 1. The average Bonchev–Trinajstić information content (AvgIpc) is 2.69. The fraction of sp³-hybridized carbons (Fsp3) is 0.632. The van der Waals surface area contributed by atoms with Crippen LogP contribution in [0.5, 0.6) is 0 Å². The van der Waals surface area contributed by atoms with Gasteiger partial charge in [-0.15, -0.1) is 0 Å². The molecule has 1 aromatic carbocycles. The van der Waals surface area contributed by atoms with Gasteiger partial charge in [-0.2, -0.15) is 4.31 Å². The number of likely N-dealkylation sites (tertiary alicyclic amines) is 1. The van der Waals surface area contributed by atoms with Gasteiger partial charge in [-0.1, -0.05) is 6.07 Å². The smallest absolute Gasteiger partial charge is 0.275 e. The normalized spacial score (nSPS) is 24.8. The summed E-state index contributed by atoms with van der Waals surface area (Å²) >= 11 is 0. The summed E-state index contributed by atoms with van der Waals surface area (Å²) in [6.07, 6.45) is 2.04. The van der Waals surface area contributed by atoms with Crippen LogP contribution in [-0.2, 0) is 14.8 Å². The molecule has 0 spiro atoms. The van der Waals surface area contributed by atoms with Crippen LogP contribution in [0.2, 0.25) is 0 Å². The number of quaternary nitrogens is 2. The lowest BCUT2D eigenvalue weighted by Gasteiger charge is -2.32. The Morgan fingerprint density at radius 3 is 2.46 bits per heavy atom. The third kappa shape index (κ3) is 5.28. The van der Waals surface area contributed by atoms with E-state index in [0.29, 0.717) is 32.7 Å². The summed E-state index contributed by atoms with van der Waals surface area (Å²) in [6.45, 7) is 7.70. The van der Waals surface area contributed by atoms with Gasteiger partial charge in [0, 0.05) is 18.9 Å². The van der Waals surface area contributed by atoms with Crippen LogP contribution < -0.4 is 15.1 Å². The number of piperazine rings is 1. The van der Waals surface area contributed by atoms with Crippen molar-refractivity contribution in [2.45, 2.75) is 30.7 Å². The van der Waals surface area contributed by atoms with Crippen molar-refractivity contribution in [3.8, 4) is 0 Å². The third-order valence-corrected chi connectivity index (χ3v) is 7.73. The Labute approximate surface area is 166 Å². The Hall–Kier alpha value is -1.55. The first kappa shape index (κ1) is 21.2. The van der Waals surface area contributed by atoms with Crippen molar-refractivity contribution < 1.29 is 27.4 Å². The van der Waals surface area contributed by atoms with Crippen LogP contribution in [0.4, 0.5) is 4.39 Å². The van der Waals surface area contributed by atoms with Gasteiger partial charge in [0.2, 0.25) is 10.0 Å². The highest BCUT2D eigenvalue weighted by Gasteiger charge is 2.32. The standard InChI is InChI=1S/C19H29FN4O3S/c1-2-22-8-6-17(7-9-22)21-19(25)15-23-10-12-24(13-11-23)28(26,27)18-5-3-4-16(20)14-18/h3-5,14,17H,2,6-13,15H2,1H3,(H,21,25)/p+2. The first-order valence-corrected chi connectivity index (χ1v) is 11.5. The van der Waals surface area contributed by atoms with Crippen LogP contribution in [-0.4, -0.2) is 77.0 Å². The number of carbonyl (C=O) groups is 1. The fourth-order valence-corrected chi connectivity index (χ4v) is 5.50. The Bertz CT molecular complexity index is 773. The van der Waals surface area contributed by atoms with E-state index in [1.807, 2.05) is 0 Å². The number of halogens is 1. The van der Waals surface area contributed by atoms with Crippen molar-refractivity contribution in [3.63, 3.8) is 0 Å². The molecule has 2 fully saturated rings. The molecule has 3 rings (SSSR count). The van der Waals surface area contributed by atoms with E-state index in [1.54, 1.807) is 4.90 Å². The molecule has 2 heterocycles. The number of amides is 1. The van der Waals surface area contributed by atoms with Gasteiger partial charge in [0.05, 0.1) is 50.7 Å². The fourth-order valence-electron chi connectivity index (χ4n) is 4.03. The van der Waals surface area contributed by atoms with Gasteiger partial charge in [0.25, 0.3) is 5.91 Å². The Morgan fingerprint density at radius 2 is 1.86 bits per heavy atom. The summed E-state index contributed by atoms with van der Waals surface area (Å²) in [4.78, 5) is 15.0. The molecule has 2 aliphatic heterocycles. The predicted octanol–water partition coefficient (Wildman–Crippen LogP) is -2.10. The first-order valence-electron chi connectivity index (χ1n) is 10.1. The molecule has 0 atom stereocenters. The largest absolute Gasteiger partial charge is 0.348 e. The number of piperidine rings is 1. The molecular formula is C19H31FN4O3S+2. The van der Waals surface area contributed by atoms with E-state index >= 15 is 0 Å². The lowest BCUT2D eigenvalue weighted by molar-refractivity contribution is -0.903. The van der Waals surface area contributed by atoms with E-state index < -0.39 is 15.8 Å². The minimum Gasteiger partial charge on any atom is -0.348 e. The van der Waals surface area contributed by atoms with E-state index in [-0.39, 0.29) is 16.8 Å². The lowest BCUT2D eigenvalue weighted by atomic mass is 10.1. The van der Waals surface area contributed by atoms with E-state index in [1.165, 1.54) is 22.5 Å². The summed E-state index contributed by atoms with van der Waals surface area (Å²) in [5.74, 6) is -0.519. The predicted molar refractivity (Wildman–Crippen MR) is 103 cm³/mol. The van der Waals surface area contributed by atoms with Crippen LogP contribution >= 0.6 is 0 Å². The maximum Gasteiger partial charge on any atom is 0.275 e. The molecule has 9 heteroatoms. The molecular weight excluding hydrogens is 383 g/mol. The van der Waals surface area contributed by atoms with Crippen LogP contribution in [0, 0.1) is 5.82 Å². The molecule has 2 saturated heterocycles. The molecule has 0 radical (unpaired) electrons. The monoisotopic (exact) mass is 414 g/mol. The Morgan fingerprint density at radius 1 is 1.18 bits per heavy atom. The van der Waals surface area contributed by atoms with Crippen LogP contribution in [0.3, 0.4) is 0 Å². The number of carbonyl (C=O) groups excluding carboxylic acids is 1. The van der Waals surface area contributed by atoms with Crippen molar-refractivity contribution >= 4 is 15.9 Å². The van der Waals surface area contributed by atoms with Crippen LogP contribution in [0.15, 0.2) is 29.2 Å². The number of benzene rings is 1. The maximum absolute atomic E-state index is 13.4. The van der Waals surface area contributed by atoms with Gasteiger partial charge in [-0.3, -0.25) is 4.79 Å². The first-order chi connectivity index (χ1) is 13.4. The van der Waals surface area contributed by atoms with Crippen molar-refractivity contribution in [3.05, 3.63) is 30.1 Å². The molecule has 1 aromatic rings. The molecule has 0 unspecified atom stereocenters. The molecule has 28 heavy (non-hydrogen) atoms. The number of nitrogens with one attached hydrogen (secondary N) is 3. The lowest BCUT2D eigenvalue weighted by Crippen LogP contribution is -3.16. The highest BCUT2D eigenvalue weighted by molar-refractivity contribution is 7.89. The zero-order chi connectivity index (χ0) is 20.1. The average molecular weight is 415 g/mol. The molecule has 0 saturated carbocycles. The summed E-state index contributed by atoms with van der Waals surface area (Å²) in [7, 11) is -3.69. The van der Waals surface area contributed by atoms with E-state index in [2.05, 4.69) is 12.2 Å². The zero-order valence-electron chi connectivity index (χ0n) is 16.4. The minimum absolute atomic E-state index is 0.0192. The molecule has 0 aromatic heterocycles. The zero-order valence-corrected chi connectivity index (χ0v) is 17.2. The topological polar surface area (TPSA) is 75.4 Å².